The standard InChI is InChI=1S/C12H14ClN3O4/c1-6-2-3-7(13)8(4-6)15-12(20)16-9(11(18)19)5-10(14)17/h2-4,9H,5H2,1H3,(H2,14,17)(H,18,19)(H2,15,16,20). The Hall–Kier alpha value is -2.28. The Kier molecular flexibility index (Phi) is 5.33. The lowest BCUT2D eigenvalue weighted by Gasteiger charge is -2.14. The molecule has 1 unspecified atom stereocenters. The third kappa shape index (κ3) is 4.77. The van der Waals surface area contributed by atoms with Crippen LogP contribution in [0.25, 0.3) is 0 Å². The number of amides is 3. The fourth-order valence-electron chi connectivity index (χ4n) is 1.45. The SMILES string of the molecule is Cc1ccc(Cl)c(NC(=O)NC(CC(N)=O)C(=O)O)c1. The highest BCUT2D eigenvalue weighted by Crippen LogP contribution is 2.22. The number of primary amides is 1. The predicted molar refractivity (Wildman–Crippen MR) is 73.6 cm³/mol. The Labute approximate surface area is 120 Å². The molecule has 7 nitrogen and oxygen atoms in total. The van der Waals surface area contributed by atoms with Crippen molar-refractivity contribution in [3.63, 3.8) is 0 Å². The van der Waals surface area contributed by atoms with Crippen LogP contribution in [0.1, 0.15) is 12.0 Å². The van der Waals surface area contributed by atoms with Crippen LogP contribution in [0.4, 0.5) is 10.5 Å². The molecule has 0 heterocycles. The number of halogens is 1. The van der Waals surface area contributed by atoms with Crippen molar-refractivity contribution < 1.29 is 19.5 Å². The van der Waals surface area contributed by atoms with E-state index >= 15 is 0 Å². The smallest absolute Gasteiger partial charge is 0.326 e. The van der Waals surface area contributed by atoms with Gasteiger partial charge in [0.2, 0.25) is 5.91 Å². The molecular formula is C12H14ClN3O4. The zero-order valence-corrected chi connectivity index (χ0v) is 11.4. The fourth-order valence-corrected chi connectivity index (χ4v) is 1.62. The second-order valence-electron chi connectivity index (χ2n) is 4.14. The van der Waals surface area contributed by atoms with Crippen LogP contribution in [-0.2, 0) is 9.59 Å². The van der Waals surface area contributed by atoms with Gasteiger partial charge in [0.1, 0.15) is 6.04 Å². The lowest BCUT2D eigenvalue weighted by atomic mass is 10.2. The lowest BCUT2D eigenvalue weighted by Crippen LogP contribution is -2.45. The van der Waals surface area contributed by atoms with Crippen molar-refractivity contribution in [3.8, 4) is 0 Å². The van der Waals surface area contributed by atoms with Crippen LogP contribution in [-0.4, -0.2) is 29.1 Å². The number of carbonyl (C=O) groups is 3. The summed E-state index contributed by atoms with van der Waals surface area (Å²) in [6.07, 6.45) is -0.496. The quantitative estimate of drug-likeness (QED) is 0.650. The molecule has 0 fully saturated rings. The molecule has 108 valence electrons. The van der Waals surface area contributed by atoms with E-state index < -0.39 is 30.4 Å². The van der Waals surface area contributed by atoms with Crippen LogP contribution in [0, 0.1) is 6.92 Å². The van der Waals surface area contributed by atoms with Gasteiger partial charge in [-0.15, -0.1) is 0 Å². The molecule has 0 aliphatic carbocycles. The molecule has 1 aromatic rings. The van der Waals surface area contributed by atoms with Crippen molar-refractivity contribution in [2.75, 3.05) is 5.32 Å². The van der Waals surface area contributed by atoms with Crippen LogP contribution in [0.5, 0.6) is 0 Å². The Morgan fingerprint density at radius 3 is 2.60 bits per heavy atom. The minimum absolute atomic E-state index is 0.313. The van der Waals surface area contributed by atoms with Crippen LogP contribution >= 0.6 is 11.6 Å². The first-order chi connectivity index (χ1) is 9.29. The summed E-state index contributed by atoms with van der Waals surface area (Å²) in [5.74, 6) is -2.18. The van der Waals surface area contributed by atoms with Gasteiger partial charge in [0.15, 0.2) is 0 Å². The normalized spacial score (nSPS) is 11.5. The number of hydrogen-bond acceptors (Lipinski definition) is 3. The molecule has 0 aliphatic heterocycles. The summed E-state index contributed by atoms with van der Waals surface area (Å²) < 4.78 is 0. The highest BCUT2D eigenvalue weighted by molar-refractivity contribution is 6.33. The maximum absolute atomic E-state index is 11.7. The first-order valence-electron chi connectivity index (χ1n) is 5.64. The maximum atomic E-state index is 11.7. The first-order valence-corrected chi connectivity index (χ1v) is 6.02. The highest BCUT2D eigenvalue weighted by atomic mass is 35.5. The van der Waals surface area contributed by atoms with E-state index in [1.807, 2.05) is 6.92 Å². The number of carboxylic acids is 1. The van der Waals surface area contributed by atoms with Gasteiger partial charge in [-0.05, 0) is 24.6 Å². The van der Waals surface area contributed by atoms with Gasteiger partial charge < -0.3 is 21.5 Å². The fraction of sp³-hybridized carbons (Fsp3) is 0.250. The van der Waals surface area contributed by atoms with Crippen molar-refractivity contribution in [3.05, 3.63) is 28.8 Å². The molecule has 20 heavy (non-hydrogen) atoms. The zero-order valence-electron chi connectivity index (χ0n) is 10.6. The summed E-state index contributed by atoms with van der Waals surface area (Å²) >= 11 is 5.89. The summed E-state index contributed by atoms with van der Waals surface area (Å²) in [6.45, 7) is 1.81. The van der Waals surface area contributed by atoms with Gasteiger partial charge in [0, 0.05) is 0 Å². The van der Waals surface area contributed by atoms with Crippen molar-refractivity contribution in [1.82, 2.24) is 5.32 Å². The average Bonchev–Trinajstić information content (AvgIpc) is 2.32. The molecule has 0 spiro atoms. The molecule has 1 rings (SSSR count). The number of carboxylic acid groups (broad SMARTS) is 1. The molecule has 0 aliphatic rings. The number of anilines is 1. The Morgan fingerprint density at radius 2 is 2.05 bits per heavy atom. The van der Waals surface area contributed by atoms with Crippen molar-refractivity contribution in [2.24, 2.45) is 5.73 Å². The van der Waals surface area contributed by atoms with E-state index in [-0.39, 0.29) is 0 Å². The molecule has 0 saturated heterocycles. The first kappa shape index (κ1) is 15.8. The summed E-state index contributed by atoms with van der Waals surface area (Å²) in [5.41, 5.74) is 6.12. The summed E-state index contributed by atoms with van der Waals surface area (Å²) in [6, 6.07) is 2.82. The third-order valence-corrected chi connectivity index (χ3v) is 2.71. The topological polar surface area (TPSA) is 122 Å². The van der Waals surface area contributed by atoms with E-state index in [0.717, 1.165) is 5.56 Å². The number of urea groups is 1. The minimum Gasteiger partial charge on any atom is -0.480 e. The summed E-state index contributed by atoms with van der Waals surface area (Å²) in [5, 5.41) is 13.7. The number of nitrogens with two attached hydrogens (primary N) is 1. The van der Waals surface area contributed by atoms with Gasteiger partial charge in [0.25, 0.3) is 0 Å². The number of nitrogens with one attached hydrogen (secondary N) is 2. The second kappa shape index (κ2) is 6.76. The number of aryl methyl sites for hydroxylation is 1. The van der Waals surface area contributed by atoms with Gasteiger partial charge in [-0.3, -0.25) is 4.79 Å². The van der Waals surface area contributed by atoms with Gasteiger partial charge in [-0.1, -0.05) is 17.7 Å². The van der Waals surface area contributed by atoms with E-state index in [4.69, 9.17) is 22.4 Å². The summed E-state index contributed by atoms with van der Waals surface area (Å²) in [7, 11) is 0. The van der Waals surface area contributed by atoms with Gasteiger partial charge in [0.05, 0.1) is 17.1 Å². The van der Waals surface area contributed by atoms with E-state index in [0.29, 0.717) is 10.7 Å². The van der Waals surface area contributed by atoms with E-state index in [1.54, 1.807) is 18.2 Å². The van der Waals surface area contributed by atoms with E-state index in [1.165, 1.54) is 0 Å². The second-order valence-corrected chi connectivity index (χ2v) is 4.55. The molecule has 0 saturated carbocycles. The van der Waals surface area contributed by atoms with Gasteiger partial charge in [-0.2, -0.15) is 0 Å². The van der Waals surface area contributed by atoms with Crippen LogP contribution in [0.3, 0.4) is 0 Å². The number of carbonyl (C=O) groups excluding carboxylic acids is 2. The number of aliphatic carboxylic acids is 1. The third-order valence-electron chi connectivity index (χ3n) is 2.38. The van der Waals surface area contributed by atoms with E-state index in [2.05, 4.69) is 10.6 Å². The van der Waals surface area contributed by atoms with Gasteiger partial charge in [-0.25, -0.2) is 9.59 Å². The monoisotopic (exact) mass is 299 g/mol. The van der Waals surface area contributed by atoms with E-state index in [9.17, 15) is 14.4 Å². The van der Waals surface area contributed by atoms with Crippen molar-refractivity contribution in [2.45, 2.75) is 19.4 Å². The van der Waals surface area contributed by atoms with Gasteiger partial charge >= 0.3 is 12.0 Å². The summed E-state index contributed by atoms with van der Waals surface area (Å²) in [4.78, 5) is 33.3. The molecule has 1 aromatic carbocycles. The van der Waals surface area contributed by atoms with Crippen LogP contribution in [0.15, 0.2) is 18.2 Å². The Morgan fingerprint density at radius 1 is 1.40 bits per heavy atom. The minimum atomic E-state index is -1.39. The molecule has 3 amide bonds. The molecule has 0 radical (unpaired) electrons. The zero-order chi connectivity index (χ0) is 15.3. The molecule has 5 N–H and O–H groups in total. The van der Waals surface area contributed by atoms with Crippen molar-refractivity contribution >= 4 is 35.2 Å². The molecule has 8 heteroatoms. The number of rotatable bonds is 5. The predicted octanol–water partition coefficient (Wildman–Crippen LogP) is 1.10. The Bertz CT molecular complexity index is 548. The largest absolute Gasteiger partial charge is 0.480 e. The van der Waals surface area contributed by atoms with Crippen LogP contribution in [0.2, 0.25) is 5.02 Å². The maximum Gasteiger partial charge on any atom is 0.326 e. The molecular weight excluding hydrogens is 286 g/mol. The van der Waals surface area contributed by atoms with Crippen LogP contribution < -0.4 is 16.4 Å². The average molecular weight is 300 g/mol. The molecule has 1 atom stereocenters. The number of hydrogen-bond donors (Lipinski definition) is 4. The Balaban J connectivity index is 2.72. The lowest BCUT2D eigenvalue weighted by molar-refractivity contribution is -0.140. The number of benzene rings is 1. The molecule has 0 bridgehead atoms. The molecule has 0 aromatic heterocycles. The van der Waals surface area contributed by atoms with Crippen molar-refractivity contribution in [1.29, 1.82) is 0 Å². The highest BCUT2D eigenvalue weighted by Gasteiger charge is 2.22.